The topological polar surface area (TPSA) is 208 Å². The molecule has 0 spiro atoms. The zero-order valence-electron chi connectivity index (χ0n) is 9.90. The van der Waals surface area contributed by atoms with Crippen LogP contribution in [0.3, 0.4) is 0 Å². The van der Waals surface area contributed by atoms with Crippen LogP contribution in [0.4, 0.5) is 0 Å². The van der Waals surface area contributed by atoms with E-state index < -0.39 is 45.5 Å². The Morgan fingerprint density at radius 1 is 0.789 bits per heavy atom. The molecule has 10 nitrogen and oxygen atoms in total. The summed E-state index contributed by atoms with van der Waals surface area (Å²) < 4.78 is 8.55. The van der Waals surface area contributed by atoms with E-state index in [0.717, 1.165) is 0 Å². The van der Waals surface area contributed by atoms with E-state index in [1.54, 1.807) is 0 Å². The average molecular weight is 357 g/mol. The van der Waals surface area contributed by atoms with Crippen LogP contribution < -0.4 is 14.7 Å². The van der Waals surface area contributed by atoms with Gasteiger partial charge in [0.05, 0.1) is 13.2 Å². The summed E-state index contributed by atoms with van der Waals surface area (Å²) in [5, 5.41) is 52.2. The molecule has 6 N–H and O–H groups in total. The molecule has 0 aliphatic rings. The third-order valence-electron chi connectivity index (χ3n) is 1.51. The minimum Gasteiger partial charge on any atom is -0.822 e. The van der Waals surface area contributed by atoms with Crippen LogP contribution in [0.1, 0.15) is 0 Å². The molecular weight excluding hydrogens is 343 g/mol. The van der Waals surface area contributed by atoms with Gasteiger partial charge in [-0.1, -0.05) is 0 Å². The number of rotatable bonds is 5. The van der Waals surface area contributed by atoms with Crippen LogP contribution >= 0.6 is 7.82 Å². The fraction of sp³-hybridized carbons (Fsp3) is 1.00. The SMILES string of the molecule is O=P([O-])([O-])[O-].OC[C@@H](O)[C@@H](O)[C@H](O)[C@H](O)CO.[Ca+2].[Ca+2]. The van der Waals surface area contributed by atoms with E-state index in [0.29, 0.717) is 0 Å². The van der Waals surface area contributed by atoms with Gasteiger partial charge >= 0.3 is 75.5 Å². The molecule has 0 unspecified atom stereocenters. The van der Waals surface area contributed by atoms with Crippen molar-refractivity contribution < 1.29 is 49.9 Å². The van der Waals surface area contributed by atoms with Gasteiger partial charge in [0.25, 0.3) is 0 Å². The van der Waals surface area contributed by atoms with Crippen molar-refractivity contribution in [3.63, 3.8) is 0 Å². The Morgan fingerprint density at radius 3 is 1.05 bits per heavy atom. The van der Waals surface area contributed by atoms with E-state index in [1.165, 1.54) is 0 Å². The van der Waals surface area contributed by atoms with Crippen LogP contribution in [0.2, 0.25) is 0 Å². The van der Waals surface area contributed by atoms with Crippen LogP contribution in [-0.2, 0) is 4.57 Å². The second-order valence-corrected chi connectivity index (χ2v) is 3.82. The smallest absolute Gasteiger partial charge is 0.822 e. The molecule has 13 heteroatoms. The molecule has 0 aromatic carbocycles. The third kappa shape index (κ3) is 20.4. The zero-order chi connectivity index (χ0) is 14.2. The Bertz CT molecular complexity index is 216. The average Bonchev–Trinajstić information content (AvgIpc) is 2.22. The normalized spacial score (nSPS) is 16.7. The molecule has 4 atom stereocenters. The summed E-state index contributed by atoms with van der Waals surface area (Å²) in [6.45, 7) is -1.45. The standard InChI is InChI=1S/C6H14O6.2Ca.H3O4P/c7-1-3(9)5(11)6(12)4(10)2-8;;;1-5(2,3)4/h3-12H,1-2H2;;;(H3,1,2,3,4)/q;2*+2;/p-3/t3-,4-,5-,6-;;;/m1.../s1. The predicted molar refractivity (Wildman–Crippen MR) is 57.3 cm³/mol. The molecule has 0 aliphatic carbocycles. The summed E-state index contributed by atoms with van der Waals surface area (Å²) in [6, 6.07) is 0. The molecule has 0 rings (SSSR count). The quantitative estimate of drug-likeness (QED) is 0.202. The Labute approximate surface area is 168 Å². The van der Waals surface area contributed by atoms with Crippen LogP contribution in [0.15, 0.2) is 0 Å². The Morgan fingerprint density at radius 2 is 0.947 bits per heavy atom. The molecule has 0 radical (unpaired) electrons. The minimum atomic E-state index is -5.39. The summed E-state index contributed by atoms with van der Waals surface area (Å²) in [5.41, 5.74) is 0. The molecular formula is C6H14Ca2O10P+. The first-order chi connectivity index (χ1) is 7.54. The second kappa shape index (κ2) is 15.3. The van der Waals surface area contributed by atoms with Crippen LogP contribution in [0, 0.1) is 0 Å². The van der Waals surface area contributed by atoms with Gasteiger partial charge in [-0.2, -0.15) is 7.82 Å². The minimum absolute atomic E-state index is 0. The van der Waals surface area contributed by atoms with E-state index in [9.17, 15) is 0 Å². The Kier molecular flexibility index (Phi) is 23.7. The first kappa shape index (κ1) is 29.4. The third-order valence-corrected chi connectivity index (χ3v) is 1.51. The number of phosphoric acid groups is 1. The Balaban J connectivity index is -0.000000139. The van der Waals surface area contributed by atoms with Gasteiger partial charge in [0.2, 0.25) is 0 Å². The van der Waals surface area contributed by atoms with Gasteiger partial charge in [-0.3, -0.25) is 0 Å². The fourth-order valence-corrected chi connectivity index (χ4v) is 0.671. The maximum Gasteiger partial charge on any atom is 2.00 e. The van der Waals surface area contributed by atoms with E-state index in [2.05, 4.69) is 0 Å². The summed E-state index contributed by atoms with van der Waals surface area (Å²) in [6.07, 6.45) is -6.39. The predicted octanol–water partition coefficient (Wildman–Crippen LogP) is -7.17. The molecule has 0 aromatic rings. The number of aliphatic hydroxyl groups is 6. The maximum absolute atomic E-state index is 8.96. The summed E-state index contributed by atoms with van der Waals surface area (Å²) >= 11 is 0. The molecule has 0 amide bonds. The molecule has 0 bridgehead atoms. The van der Waals surface area contributed by atoms with Gasteiger partial charge in [-0.05, 0) is 0 Å². The van der Waals surface area contributed by atoms with Crippen molar-refractivity contribution in [1.82, 2.24) is 0 Å². The van der Waals surface area contributed by atoms with Gasteiger partial charge in [-0.25, -0.2) is 0 Å². The van der Waals surface area contributed by atoms with E-state index in [-0.39, 0.29) is 75.5 Å². The molecule has 0 heterocycles. The van der Waals surface area contributed by atoms with Crippen LogP contribution in [0.25, 0.3) is 0 Å². The Hall–Kier alpha value is 2.39. The van der Waals surface area contributed by atoms with Gasteiger partial charge in [0.1, 0.15) is 24.4 Å². The molecule has 0 fully saturated rings. The first-order valence-electron chi connectivity index (χ1n) is 4.21. The van der Waals surface area contributed by atoms with Crippen LogP contribution in [0.5, 0.6) is 0 Å². The summed E-state index contributed by atoms with van der Waals surface area (Å²) in [4.78, 5) is 25.6. The van der Waals surface area contributed by atoms with Crippen molar-refractivity contribution >= 4 is 83.3 Å². The monoisotopic (exact) mass is 357 g/mol. The van der Waals surface area contributed by atoms with Gasteiger partial charge in [0, 0.05) is 0 Å². The van der Waals surface area contributed by atoms with Crippen molar-refractivity contribution in [2.45, 2.75) is 24.4 Å². The van der Waals surface area contributed by atoms with Crippen molar-refractivity contribution in [3.05, 3.63) is 0 Å². The van der Waals surface area contributed by atoms with E-state index in [1.807, 2.05) is 0 Å². The van der Waals surface area contributed by atoms with E-state index in [4.69, 9.17) is 49.9 Å². The van der Waals surface area contributed by atoms with Crippen molar-refractivity contribution in [2.75, 3.05) is 13.2 Å². The fourth-order valence-electron chi connectivity index (χ4n) is 0.671. The van der Waals surface area contributed by atoms with Gasteiger partial charge < -0.3 is 49.9 Å². The molecule has 106 valence electrons. The van der Waals surface area contributed by atoms with E-state index >= 15 is 0 Å². The van der Waals surface area contributed by atoms with Gasteiger partial charge in [0.15, 0.2) is 0 Å². The molecule has 19 heavy (non-hydrogen) atoms. The maximum atomic E-state index is 8.96. The molecule has 0 aliphatic heterocycles. The van der Waals surface area contributed by atoms with Crippen molar-refractivity contribution in [2.24, 2.45) is 0 Å². The van der Waals surface area contributed by atoms with Crippen molar-refractivity contribution in [3.8, 4) is 0 Å². The number of hydrogen-bond donors (Lipinski definition) is 6. The molecule has 0 aromatic heterocycles. The number of hydrogen-bond acceptors (Lipinski definition) is 10. The zero-order valence-corrected chi connectivity index (χ0v) is 15.2. The van der Waals surface area contributed by atoms with Crippen molar-refractivity contribution in [1.29, 1.82) is 0 Å². The largest absolute Gasteiger partial charge is 2.00 e. The summed E-state index contributed by atoms with van der Waals surface area (Å²) in [7, 11) is -5.39. The summed E-state index contributed by atoms with van der Waals surface area (Å²) in [5.74, 6) is 0. The second-order valence-electron chi connectivity index (χ2n) is 2.93. The number of aliphatic hydroxyl groups excluding tert-OH is 6. The molecule has 0 saturated heterocycles. The van der Waals surface area contributed by atoms with Gasteiger partial charge in [-0.15, -0.1) is 0 Å². The van der Waals surface area contributed by atoms with Crippen LogP contribution in [-0.4, -0.2) is 144 Å². The first-order valence-corrected chi connectivity index (χ1v) is 5.67. The molecule has 0 saturated carbocycles.